The zero-order valence-corrected chi connectivity index (χ0v) is 19.9. The predicted molar refractivity (Wildman–Crippen MR) is 124 cm³/mol. The predicted octanol–water partition coefficient (Wildman–Crippen LogP) is 2.84. The molecule has 1 aromatic rings. The van der Waals surface area contributed by atoms with E-state index in [-0.39, 0.29) is 17.3 Å². The maximum atomic E-state index is 6.37. The Morgan fingerprint density at radius 1 is 1.00 bits per heavy atom. The van der Waals surface area contributed by atoms with Gasteiger partial charge in [-0.05, 0) is 90.0 Å². The van der Waals surface area contributed by atoms with Crippen LogP contribution in [0.2, 0.25) is 0 Å². The Kier molecular flexibility index (Phi) is 6.87. The molecule has 0 saturated carbocycles. The lowest BCUT2D eigenvalue weighted by Crippen LogP contribution is -2.42. The number of nitrogens with one attached hydrogen (secondary N) is 1. The van der Waals surface area contributed by atoms with Crippen LogP contribution in [0.5, 0.6) is 11.5 Å². The molecule has 3 heterocycles. The molecule has 4 rings (SSSR count). The molecule has 0 aromatic heterocycles. The molecule has 3 fully saturated rings. The SMILES string of the molecule is COc1cc(B2OC(C)(C)C(C)(C)O2)ccc1OC1CCN(CC2CCNCC2)CC1. The minimum Gasteiger partial charge on any atom is -0.493 e. The maximum Gasteiger partial charge on any atom is 0.494 e. The smallest absolute Gasteiger partial charge is 0.493 e. The number of methoxy groups -OCH3 is 1. The lowest BCUT2D eigenvalue weighted by molar-refractivity contribution is 0.00578. The molecule has 31 heavy (non-hydrogen) atoms. The van der Waals surface area contributed by atoms with Crippen molar-refractivity contribution in [3.05, 3.63) is 18.2 Å². The van der Waals surface area contributed by atoms with Gasteiger partial charge in [-0.25, -0.2) is 0 Å². The quantitative estimate of drug-likeness (QED) is 0.701. The molecule has 0 bridgehead atoms. The van der Waals surface area contributed by atoms with E-state index >= 15 is 0 Å². The molecule has 3 aliphatic heterocycles. The van der Waals surface area contributed by atoms with Crippen LogP contribution in [0.3, 0.4) is 0 Å². The van der Waals surface area contributed by atoms with Gasteiger partial charge in [-0.3, -0.25) is 0 Å². The second-order valence-electron chi connectivity index (χ2n) is 10.3. The van der Waals surface area contributed by atoms with Crippen molar-refractivity contribution in [1.82, 2.24) is 10.2 Å². The zero-order valence-electron chi connectivity index (χ0n) is 19.9. The molecule has 0 amide bonds. The van der Waals surface area contributed by atoms with Crippen LogP contribution < -0.4 is 20.3 Å². The molecular formula is C24H39BN2O4. The molecule has 1 aromatic carbocycles. The van der Waals surface area contributed by atoms with Gasteiger partial charge in [0.25, 0.3) is 0 Å². The second kappa shape index (κ2) is 9.30. The summed E-state index contributed by atoms with van der Waals surface area (Å²) in [4.78, 5) is 2.62. The summed E-state index contributed by atoms with van der Waals surface area (Å²) in [5.41, 5.74) is 0.240. The third kappa shape index (κ3) is 5.21. The number of benzene rings is 1. The molecule has 7 heteroatoms. The topological polar surface area (TPSA) is 52.2 Å². The van der Waals surface area contributed by atoms with Crippen molar-refractivity contribution in [3.8, 4) is 11.5 Å². The van der Waals surface area contributed by atoms with Crippen molar-refractivity contribution in [2.45, 2.75) is 70.7 Å². The largest absolute Gasteiger partial charge is 0.494 e. The molecule has 0 spiro atoms. The van der Waals surface area contributed by atoms with Crippen molar-refractivity contribution in [2.24, 2.45) is 5.92 Å². The van der Waals surface area contributed by atoms with E-state index < -0.39 is 7.12 Å². The Bertz CT molecular complexity index is 727. The van der Waals surface area contributed by atoms with Crippen molar-refractivity contribution in [1.29, 1.82) is 0 Å². The first kappa shape index (κ1) is 22.9. The van der Waals surface area contributed by atoms with Gasteiger partial charge in [-0.2, -0.15) is 0 Å². The summed E-state index contributed by atoms with van der Waals surface area (Å²) in [5.74, 6) is 2.39. The Hall–Kier alpha value is -1.28. The van der Waals surface area contributed by atoms with Crippen molar-refractivity contribution in [3.63, 3.8) is 0 Å². The highest BCUT2D eigenvalue weighted by Gasteiger charge is 2.51. The molecule has 1 N–H and O–H groups in total. The fraction of sp³-hybridized carbons (Fsp3) is 0.750. The van der Waals surface area contributed by atoms with E-state index in [1.54, 1.807) is 7.11 Å². The maximum absolute atomic E-state index is 6.37. The van der Waals surface area contributed by atoms with E-state index in [0.29, 0.717) is 0 Å². The molecule has 0 radical (unpaired) electrons. The highest BCUT2D eigenvalue weighted by atomic mass is 16.7. The molecule has 0 aliphatic carbocycles. The summed E-state index contributed by atoms with van der Waals surface area (Å²) in [6.07, 6.45) is 4.98. The molecule has 172 valence electrons. The summed E-state index contributed by atoms with van der Waals surface area (Å²) in [6, 6.07) is 6.02. The van der Waals surface area contributed by atoms with Gasteiger partial charge in [0.15, 0.2) is 11.5 Å². The van der Waals surface area contributed by atoms with Gasteiger partial charge >= 0.3 is 7.12 Å². The van der Waals surface area contributed by atoms with E-state index in [2.05, 4.69) is 37.9 Å². The first-order valence-corrected chi connectivity index (χ1v) is 11.9. The highest BCUT2D eigenvalue weighted by Crippen LogP contribution is 2.37. The molecular weight excluding hydrogens is 391 g/mol. The number of hydrogen-bond acceptors (Lipinski definition) is 6. The minimum absolute atomic E-state index is 0.237. The molecule has 6 nitrogen and oxygen atoms in total. The summed E-state index contributed by atoms with van der Waals surface area (Å²) in [7, 11) is 1.30. The second-order valence-corrected chi connectivity index (χ2v) is 10.3. The average molecular weight is 430 g/mol. The number of ether oxygens (including phenoxy) is 2. The Labute approximate surface area is 188 Å². The summed E-state index contributed by atoms with van der Waals surface area (Å²) in [5, 5.41) is 3.46. The van der Waals surface area contributed by atoms with Crippen LogP contribution in [0.1, 0.15) is 53.4 Å². The Morgan fingerprint density at radius 3 is 2.26 bits per heavy atom. The number of rotatable bonds is 6. The van der Waals surface area contributed by atoms with Crippen LogP contribution in [0.4, 0.5) is 0 Å². The van der Waals surface area contributed by atoms with Crippen molar-refractivity contribution in [2.75, 3.05) is 39.8 Å². The standard InChI is InChI=1S/C24H39BN2O4/c1-23(2)24(3,4)31-25(30-23)19-6-7-21(22(16-19)28-5)29-20-10-14-27(15-11-20)17-18-8-12-26-13-9-18/h6-7,16,18,20,26H,8-15,17H2,1-5H3. The van der Waals surface area contributed by atoms with Crippen LogP contribution >= 0.6 is 0 Å². The van der Waals surface area contributed by atoms with Gasteiger partial charge in [0.2, 0.25) is 0 Å². The summed E-state index contributed by atoms with van der Waals surface area (Å²) in [6.45, 7) is 14.1. The first-order chi connectivity index (χ1) is 14.8. The Balaban J connectivity index is 1.33. The molecule has 0 atom stereocenters. The Morgan fingerprint density at radius 2 is 1.65 bits per heavy atom. The lowest BCUT2D eigenvalue weighted by atomic mass is 9.79. The normalized spacial score (nSPS) is 25.0. The minimum atomic E-state index is -0.397. The van der Waals surface area contributed by atoms with Gasteiger partial charge in [-0.15, -0.1) is 0 Å². The van der Waals surface area contributed by atoms with Crippen molar-refractivity contribution >= 4 is 12.6 Å². The van der Waals surface area contributed by atoms with E-state index in [1.165, 1.54) is 32.5 Å². The number of piperidine rings is 2. The van der Waals surface area contributed by atoms with E-state index in [9.17, 15) is 0 Å². The zero-order chi connectivity index (χ0) is 22.1. The van der Waals surface area contributed by atoms with Gasteiger partial charge < -0.3 is 29.0 Å². The van der Waals surface area contributed by atoms with Gasteiger partial charge in [-0.1, -0.05) is 6.07 Å². The van der Waals surface area contributed by atoms with Crippen LogP contribution in [-0.4, -0.2) is 69.2 Å². The molecule has 3 saturated heterocycles. The number of hydrogen-bond donors (Lipinski definition) is 1. The third-order valence-corrected chi connectivity index (χ3v) is 7.52. The van der Waals surface area contributed by atoms with Crippen LogP contribution in [0.25, 0.3) is 0 Å². The fourth-order valence-electron chi connectivity index (χ4n) is 4.73. The number of likely N-dealkylation sites (tertiary alicyclic amines) is 1. The van der Waals surface area contributed by atoms with Crippen LogP contribution in [-0.2, 0) is 9.31 Å². The monoisotopic (exact) mass is 430 g/mol. The third-order valence-electron chi connectivity index (χ3n) is 7.52. The lowest BCUT2D eigenvalue weighted by Gasteiger charge is -2.35. The molecule has 0 unspecified atom stereocenters. The van der Waals surface area contributed by atoms with Crippen molar-refractivity contribution < 1.29 is 18.8 Å². The van der Waals surface area contributed by atoms with E-state index in [1.807, 2.05) is 18.2 Å². The summed E-state index contributed by atoms with van der Waals surface area (Å²) < 4.78 is 24.4. The molecule has 3 aliphatic rings. The fourth-order valence-corrected chi connectivity index (χ4v) is 4.73. The first-order valence-electron chi connectivity index (χ1n) is 11.9. The summed E-state index contributed by atoms with van der Waals surface area (Å²) >= 11 is 0. The van der Waals surface area contributed by atoms with E-state index in [0.717, 1.165) is 48.8 Å². The van der Waals surface area contributed by atoms with Crippen LogP contribution in [0.15, 0.2) is 18.2 Å². The van der Waals surface area contributed by atoms with E-state index in [4.69, 9.17) is 18.8 Å². The average Bonchev–Trinajstić information content (AvgIpc) is 2.97. The van der Waals surface area contributed by atoms with Gasteiger partial charge in [0.1, 0.15) is 6.10 Å². The van der Waals surface area contributed by atoms with Gasteiger partial charge in [0, 0.05) is 19.6 Å². The highest BCUT2D eigenvalue weighted by molar-refractivity contribution is 6.62. The van der Waals surface area contributed by atoms with Gasteiger partial charge in [0.05, 0.1) is 18.3 Å². The van der Waals surface area contributed by atoms with Crippen LogP contribution in [0, 0.1) is 5.92 Å². The number of nitrogens with zero attached hydrogens (tertiary/aromatic N) is 1.